The van der Waals surface area contributed by atoms with Crippen molar-refractivity contribution in [2.75, 3.05) is 13.2 Å². The van der Waals surface area contributed by atoms with Crippen molar-refractivity contribution in [3.63, 3.8) is 0 Å². The van der Waals surface area contributed by atoms with Gasteiger partial charge < -0.3 is 14.2 Å². The first-order valence-corrected chi connectivity index (χ1v) is 32.4. The lowest BCUT2D eigenvalue weighted by Crippen LogP contribution is -2.30. The highest BCUT2D eigenvalue weighted by Gasteiger charge is 2.19. The van der Waals surface area contributed by atoms with Crippen LogP contribution in [0.15, 0.2) is 72.9 Å². The molecule has 6 nitrogen and oxygen atoms in total. The van der Waals surface area contributed by atoms with Gasteiger partial charge in [-0.15, -0.1) is 0 Å². The summed E-state index contributed by atoms with van der Waals surface area (Å²) in [5, 5.41) is 0. The fourth-order valence-corrected chi connectivity index (χ4v) is 9.35. The van der Waals surface area contributed by atoms with Crippen molar-refractivity contribution < 1.29 is 28.6 Å². The summed E-state index contributed by atoms with van der Waals surface area (Å²) in [7, 11) is 0. The first-order chi connectivity index (χ1) is 37.0. The highest BCUT2D eigenvalue weighted by molar-refractivity contribution is 5.71. The van der Waals surface area contributed by atoms with Crippen LogP contribution in [0, 0.1) is 0 Å². The van der Waals surface area contributed by atoms with Crippen LogP contribution in [0.25, 0.3) is 0 Å². The number of hydrogen-bond donors (Lipinski definition) is 0. The average Bonchev–Trinajstić information content (AvgIpc) is 3.41. The Labute approximate surface area is 465 Å². The van der Waals surface area contributed by atoms with Crippen LogP contribution in [0.4, 0.5) is 0 Å². The molecule has 0 aliphatic carbocycles. The van der Waals surface area contributed by atoms with Crippen LogP contribution in [-0.4, -0.2) is 37.2 Å². The summed E-state index contributed by atoms with van der Waals surface area (Å²) in [4.78, 5) is 38.3. The summed E-state index contributed by atoms with van der Waals surface area (Å²) in [6.07, 6.45) is 82.0. The topological polar surface area (TPSA) is 78.9 Å². The molecule has 0 fully saturated rings. The Morgan fingerprint density at radius 1 is 0.280 bits per heavy atom. The maximum atomic E-state index is 12.9. The van der Waals surface area contributed by atoms with E-state index in [9.17, 15) is 14.4 Å². The number of rotatable bonds is 59. The predicted molar refractivity (Wildman–Crippen MR) is 325 cm³/mol. The van der Waals surface area contributed by atoms with E-state index in [2.05, 4.69) is 93.7 Å². The molecule has 0 N–H and O–H groups in total. The third kappa shape index (κ3) is 61.6. The van der Waals surface area contributed by atoms with Gasteiger partial charge in [-0.25, -0.2) is 0 Å². The number of unbranched alkanes of at least 4 members (excludes halogenated alkanes) is 36. The molecule has 0 saturated heterocycles. The number of hydrogen-bond acceptors (Lipinski definition) is 6. The minimum atomic E-state index is -0.796. The molecule has 0 heterocycles. The molecule has 0 aromatic heterocycles. The van der Waals surface area contributed by atoms with E-state index in [-0.39, 0.29) is 31.1 Å². The molecule has 0 aliphatic rings. The van der Waals surface area contributed by atoms with Crippen LogP contribution in [-0.2, 0) is 28.6 Å². The maximum Gasteiger partial charge on any atom is 0.306 e. The molecule has 434 valence electrons. The quantitative estimate of drug-likeness (QED) is 0.0261. The molecule has 0 bridgehead atoms. The van der Waals surface area contributed by atoms with Crippen LogP contribution in [0.1, 0.15) is 329 Å². The zero-order chi connectivity index (χ0) is 54.3. The summed E-state index contributed by atoms with van der Waals surface area (Å²) >= 11 is 0. The molecule has 0 aromatic carbocycles. The van der Waals surface area contributed by atoms with Crippen molar-refractivity contribution >= 4 is 17.9 Å². The number of esters is 3. The fraction of sp³-hybridized carbons (Fsp3) is 0.783. The number of carbonyl (C=O) groups excluding carboxylic acids is 3. The summed E-state index contributed by atoms with van der Waals surface area (Å²) in [5.41, 5.74) is 0. The van der Waals surface area contributed by atoms with Gasteiger partial charge in [0.05, 0.1) is 0 Å². The average molecular weight is 1050 g/mol. The second-order valence-electron chi connectivity index (χ2n) is 21.6. The van der Waals surface area contributed by atoms with Gasteiger partial charge in [-0.1, -0.05) is 293 Å². The number of ether oxygens (including phenoxy) is 3. The fourth-order valence-electron chi connectivity index (χ4n) is 9.35. The molecule has 0 spiro atoms. The van der Waals surface area contributed by atoms with Gasteiger partial charge in [-0.05, 0) is 89.9 Å². The van der Waals surface area contributed by atoms with E-state index in [1.54, 1.807) is 0 Å². The Balaban J connectivity index is 4.34. The van der Waals surface area contributed by atoms with E-state index >= 15 is 0 Å². The molecule has 0 aliphatic heterocycles. The van der Waals surface area contributed by atoms with Crippen molar-refractivity contribution in [1.82, 2.24) is 0 Å². The van der Waals surface area contributed by atoms with Crippen molar-refractivity contribution in [2.45, 2.75) is 335 Å². The van der Waals surface area contributed by atoms with Crippen LogP contribution < -0.4 is 0 Å². The molecular weight excluding hydrogens is 925 g/mol. The lowest BCUT2D eigenvalue weighted by molar-refractivity contribution is -0.167. The zero-order valence-corrected chi connectivity index (χ0v) is 49.8. The van der Waals surface area contributed by atoms with Crippen molar-refractivity contribution in [2.24, 2.45) is 0 Å². The lowest BCUT2D eigenvalue weighted by Gasteiger charge is -2.18. The summed E-state index contributed by atoms with van der Waals surface area (Å²) in [6, 6.07) is 0. The SMILES string of the molecule is CC/C=C\C/C=C\C/C=C\C/C=C\C/C=C\CCCCCC(=O)OC(COC(=O)CCCCCCC/C=C\CCCCCCC)COC(=O)CCCCCCCCCCCCCCCCCCCCCCCCCC. The zero-order valence-electron chi connectivity index (χ0n) is 49.8. The molecule has 0 radical (unpaired) electrons. The molecule has 0 aromatic rings. The molecule has 1 unspecified atom stereocenters. The Hall–Kier alpha value is -3.15. The van der Waals surface area contributed by atoms with Gasteiger partial charge in [0, 0.05) is 19.3 Å². The Morgan fingerprint density at radius 3 is 0.840 bits per heavy atom. The first kappa shape index (κ1) is 71.8. The van der Waals surface area contributed by atoms with Gasteiger partial charge in [0.25, 0.3) is 0 Å². The second-order valence-corrected chi connectivity index (χ2v) is 21.6. The van der Waals surface area contributed by atoms with Crippen molar-refractivity contribution in [3.05, 3.63) is 72.9 Å². The van der Waals surface area contributed by atoms with E-state index in [0.29, 0.717) is 19.3 Å². The van der Waals surface area contributed by atoms with E-state index in [1.165, 1.54) is 186 Å². The second kappa shape index (κ2) is 63.4. The molecule has 1 atom stereocenters. The highest BCUT2D eigenvalue weighted by atomic mass is 16.6. The van der Waals surface area contributed by atoms with Gasteiger partial charge in [-0.3, -0.25) is 14.4 Å². The first-order valence-electron chi connectivity index (χ1n) is 32.4. The third-order valence-electron chi connectivity index (χ3n) is 14.2. The Kier molecular flexibility index (Phi) is 60.7. The Bertz CT molecular complexity index is 1390. The van der Waals surface area contributed by atoms with Gasteiger partial charge in [-0.2, -0.15) is 0 Å². The third-order valence-corrected chi connectivity index (χ3v) is 14.2. The number of carbonyl (C=O) groups is 3. The highest BCUT2D eigenvalue weighted by Crippen LogP contribution is 2.17. The Morgan fingerprint density at radius 2 is 0.520 bits per heavy atom. The summed E-state index contributed by atoms with van der Waals surface area (Å²) < 4.78 is 16.9. The van der Waals surface area contributed by atoms with Crippen molar-refractivity contribution in [3.8, 4) is 0 Å². The smallest absolute Gasteiger partial charge is 0.306 e. The summed E-state index contributed by atoms with van der Waals surface area (Å²) in [5.74, 6) is -0.914. The van der Waals surface area contributed by atoms with Gasteiger partial charge in [0.2, 0.25) is 0 Å². The van der Waals surface area contributed by atoms with Crippen LogP contribution in [0.2, 0.25) is 0 Å². The standard InChI is InChI=1S/C69H122O6/c1-4-7-10-13-16-19-22-25-28-30-32-33-34-35-36-38-39-41-44-47-50-53-56-59-62-68(71)74-65-66(64-73-67(70)61-58-55-52-49-46-43-27-24-21-18-15-12-9-6-3)75-69(72)63-60-57-54-51-48-45-42-40-37-31-29-26-23-20-17-14-11-8-5-2/h8,11,17,20,24,26-27,29,37,40,45,48,66H,4-7,9-10,12-16,18-19,21-23,25,28,30-36,38-39,41-44,46-47,49-65H2,1-3H3/b11-8-,20-17-,27-24-,29-26-,40-37-,48-45-. The molecule has 0 rings (SSSR count). The number of allylic oxidation sites excluding steroid dienone is 12. The largest absolute Gasteiger partial charge is 0.462 e. The van der Waals surface area contributed by atoms with Crippen LogP contribution in [0.5, 0.6) is 0 Å². The monoisotopic (exact) mass is 1050 g/mol. The van der Waals surface area contributed by atoms with E-state index < -0.39 is 6.10 Å². The van der Waals surface area contributed by atoms with Gasteiger partial charge in [0.15, 0.2) is 6.10 Å². The minimum absolute atomic E-state index is 0.0887. The predicted octanol–water partition coefficient (Wildman–Crippen LogP) is 22.1. The van der Waals surface area contributed by atoms with E-state index in [4.69, 9.17) is 14.2 Å². The van der Waals surface area contributed by atoms with E-state index in [0.717, 1.165) is 103 Å². The summed E-state index contributed by atoms with van der Waals surface area (Å²) in [6.45, 7) is 6.53. The van der Waals surface area contributed by atoms with Crippen LogP contribution >= 0.6 is 0 Å². The molecule has 0 amide bonds. The van der Waals surface area contributed by atoms with Gasteiger partial charge >= 0.3 is 17.9 Å². The molecule has 75 heavy (non-hydrogen) atoms. The maximum absolute atomic E-state index is 12.9. The normalized spacial score (nSPS) is 12.5. The van der Waals surface area contributed by atoms with Gasteiger partial charge in [0.1, 0.15) is 13.2 Å². The molecule has 6 heteroatoms. The van der Waals surface area contributed by atoms with Crippen LogP contribution in [0.3, 0.4) is 0 Å². The lowest BCUT2D eigenvalue weighted by atomic mass is 10.0. The molecule has 0 saturated carbocycles. The minimum Gasteiger partial charge on any atom is -0.462 e. The van der Waals surface area contributed by atoms with Crippen molar-refractivity contribution in [1.29, 1.82) is 0 Å². The van der Waals surface area contributed by atoms with E-state index in [1.807, 2.05) is 0 Å². The molecular formula is C69H122O6.